The topological polar surface area (TPSA) is 74.8 Å². The Hall–Kier alpha value is -2.24. The van der Waals surface area contributed by atoms with Gasteiger partial charge in [0.1, 0.15) is 5.75 Å². The number of rotatable bonds is 10. The maximum atomic E-state index is 12.0. The third-order valence-electron chi connectivity index (χ3n) is 5.23. The largest absolute Gasteiger partial charge is 0.497 e. The molecule has 3 N–H and O–H groups in total. The molecule has 1 saturated carbocycles. The van der Waals surface area contributed by atoms with E-state index < -0.39 is 0 Å². The molecule has 1 aromatic rings. The van der Waals surface area contributed by atoms with E-state index in [1.807, 2.05) is 19.1 Å². The van der Waals surface area contributed by atoms with Gasteiger partial charge in [-0.1, -0.05) is 31.9 Å². The van der Waals surface area contributed by atoms with E-state index in [2.05, 4.69) is 40.0 Å². The number of carbonyl (C=O) groups is 1. The number of nitrogens with zero attached hydrogens (tertiary/aromatic N) is 1. The van der Waals surface area contributed by atoms with Crippen LogP contribution < -0.4 is 20.7 Å². The molecule has 28 heavy (non-hydrogen) atoms. The molecule has 1 aromatic carbocycles. The van der Waals surface area contributed by atoms with Crippen LogP contribution in [0.25, 0.3) is 0 Å². The summed E-state index contributed by atoms with van der Waals surface area (Å²) in [5, 5.41) is 9.64. The lowest BCUT2D eigenvalue weighted by Crippen LogP contribution is -2.40. The second-order valence-electron chi connectivity index (χ2n) is 7.45. The zero-order valence-corrected chi connectivity index (χ0v) is 17.6. The van der Waals surface area contributed by atoms with Crippen LogP contribution in [-0.2, 0) is 4.79 Å². The summed E-state index contributed by atoms with van der Waals surface area (Å²) in [5.74, 6) is 2.21. The number of hydrogen-bond donors (Lipinski definition) is 3. The predicted molar refractivity (Wildman–Crippen MR) is 115 cm³/mol. The van der Waals surface area contributed by atoms with Gasteiger partial charge in [-0.3, -0.25) is 9.79 Å². The molecule has 1 amide bonds. The number of methoxy groups -OCH3 is 1. The quantitative estimate of drug-likeness (QED) is 0.425. The lowest BCUT2D eigenvalue weighted by atomic mass is 9.98. The Balaban J connectivity index is 1.71. The van der Waals surface area contributed by atoms with Crippen molar-refractivity contribution in [2.45, 2.75) is 64.3 Å². The normalized spacial score (nSPS) is 15.9. The van der Waals surface area contributed by atoms with Crippen LogP contribution in [0.1, 0.15) is 63.9 Å². The fourth-order valence-electron chi connectivity index (χ4n) is 3.48. The fraction of sp³-hybridized carbons (Fsp3) is 0.636. The lowest BCUT2D eigenvalue weighted by Gasteiger charge is -2.15. The molecule has 0 heterocycles. The summed E-state index contributed by atoms with van der Waals surface area (Å²) >= 11 is 0. The monoisotopic (exact) mass is 388 g/mol. The minimum Gasteiger partial charge on any atom is -0.497 e. The van der Waals surface area contributed by atoms with Crippen LogP contribution in [0, 0.1) is 0 Å². The number of ether oxygens (including phenoxy) is 1. The number of carbonyl (C=O) groups excluding carboxylic acids is 1. The second-order valence-corrected chi connectivity index (χ2v) is 7.45. The van der Waals surface area contributed by atoms with Crippen LogP contribution in [0.5, 0.6) is 5.75 Å². The van der Waals surface area contributed by atoms with E-state index in [1.165, 1.54) is 18.4 Å². The molecule has 0 spiro atoms. The van der Waals surface area contributed by atoms with Crippen LogP contribution >= 0.6 is 0 Å². The van der Waals surface area contributed by atoms with E-state index in [0.717, 1.165) is 44.1 Å². The molecule has 0 aliphatic heterocycles. The third-order valence-corrected chi connectivity index (χ3v) is 5.23. The molecular weight excluding hydrogens is 352 g/mol. The van der Waals surface area contributed by atoms with Crippen molar-refractivity contribution in [1.82, 2.24) is 16.0 Å². The first-order valence-corrected chi connectivity index (χ1v) is 10.6. The molecule has 0 bridgehead atoms. The van der Waals surface area contributed by atoms with Crippen LogP contribution in [0.3, 0.4) is 0 Å². The van der Waals surface area contributed by atoms with Crippen LogP contribution in [0.4, 0.5) is 0 Å². The first-order valence-electron chi connectivity index (χ1n) is 10.6. The Morgan fingerprint density at radius 1 is 1.21 bits per heavy atom. The van der Waals surface area contributed by atoms with E-state index in [-0.39, 0.29) is 5.91 Å². The summed E-state index contributed by atoms with van der Waals surface area (Å²) in [4.78, 5) is 16.7. The van der Waals surface area contributed by atoms with E-state index in [1.54, 1.807) is 7.11 Å². The maximum absolute atomic E-state index is 12.0. The smallest absolute Gasteiger partial charge is 0.221 e. The van der Waals surface area contributed by atoms with Gasteiger partial charge < -0.3 is 20.7 Å². The number of guanidine groups is 1. The van der Waals surface area contributed by atoms with Crippen molar-refractivity contribution in [1.29, 1.82) is 0 Å². The Labute approximate surface area is 169 Å². The van der Waals surface area contributed by atoms with Gasteiger partial charge >= 0.3 is 0 Å². The minimum absolute atomic E-state index is 0.128. The van der Waals surface area contributed by atoms with Crippen molar-refractivity contribution in [2.24, 2.45) is 4.99 Å². The Bertz CT molecular complexity index is 609. The van der Waals surface area contributed by atoms with Gasteiger partial charge in [-0.25, -0.2) is 0 Å². The highest BCUT2D eigenvalue weighted by molar-refractivity contribution is 5.81. The molecule has 2 rings (SSSR count). The molecule has 0 aromatic heterocycles. The van der Waals surface area contributed by atoms with Gasteiger partial charge in [0.15, 0.2) is 5.96 Å². The molecule has 0 radical (unpaired) electrons. The lowest BCUT2D eigenvalue weighted by molar-refractivity contribution is -0.121. The summed E-state index contributed by atoms with van der Waals surface area (Å²) in [6.45, 7) is 6.39. The Kier molecular flexibility index (Phi) is 9.66. The molecule has 1 fully saturated rings. The third kappa shape index (κ3) is 7.79. The molecule has 156 valence electrons. The van der Waals surface area contributed by atoms with E-state index in [4.69, 9.17) is 4.74 Å². The summed E-state index contributed by atoms with van der Waals surface area (Å²) < 4.78 is 5.21. The summed E-state index contributed by atoms with van der Waals surface area (Å²) in [6, 6.07) is 8.60. The molecule has 6 heteroatoms. The van der Waals surface area contributed by atoms with E-state index in [0.29, 0.717) is 24.9 Å². The molecule has 1 aliphatic carbocycles. The summed E-state index contributed by atoms with van der Waals surface area (Å²) in [7, 11) is 1.68. The highest BCUT2D eigenvalue weighted by atomic mass is 16.5. The number of hydrogen-bond acceptors (Lipinski definition) is 3. The average Bonchev–Trinajstić information content (AvgIpc) is 3.21. The molecule has 6 nitrogen and oxygen atoms in total. The molecular formula is C22H36N4O2. The maximum Gasteiger partial charge on any atom is 0.221 e. The van der Waals surface area contributed by atoms with Gasteiger partial charge in [-0.2, -0.15) is 0 Å². The fourth-order valence-corrected chi connectivity index (χ4v) is 3.48. The Morgan fingerprint density at radius 3 is 2.57 bits per heavy atom. The van der Waals surface area contributed by atoms with Gasteiger partial charge in [-0.05, 0) is 49.8 Å². The highest BCUT2D eigenvalue weighted by Gasteiger charge is 2.16. The van der Waals surface area contributed by atoms with Crippen molar-refractivity contribution in [3.05, 3.63) is 29.8 Å². The second kappa shape index (κ2) is 12.3. The average molecular weight is 389 g/mol. The molecule has 0 saturated heterocycles. The summed E-state index contributed by atoms with van der Waals surface area (Å²) in [5.41, 5.74) is 1.29. The zero-order valence-electron chi connectivity index (χ0n) is 17.6. The number of benzene rings is 1. The van der Waals surface area contributed by atoms with Gasteiger partial charge in [0.2, 0.25) is 5.91 Å². The van der Waals surface area contributed by atoms with Gasteiger partial charge in [0.05, 0.1) is 7.11 Å². The Morgan fingerprint density at radius 2 is 1.93 bits per heavy atom. The summed E-state index contributed by atoms with van der Waals surface area (Å²) in [6.07, 6.45) is 6.14. The van der Waals surface area contributed by atoms with Gasteiger partial charge in [-0.15, -0.1) is 0 Å². The van der Waals surface area contributed by atoms with Crippen molar-refractivity contribution in [3.8, 4) is 5.75 Å². The van der Waals surface area contributed by atoms with Gasteiger partial charge in [0, 0.05) is 32.1 Å². The predicted octanol–water partition coefficient (Wildman–Crippen LogP) is 3.19. The zero-order chi connectivity index (χ0) is 20.2. The van der Waals surface area contributed by atoms with Crippen molar-refractivity contribution in [3.63, 3.8) is 0 Å². The van der Waals surface area contributed by atoms with Crippen LogP contribution in [0.2, 0.25) is 0 Å². The van der Waals surface area contributed by atoms with Crippen LogP contribution in [-0.4, -0.2) is 44.7 Å². The molecule has 1 unspecified atom stereocenters. The molecule has 1 aliphatic rings. The highest BCUT2D eigenvalue weighted by Crippen LogP contribution is 2.21. The van der Waals surface area contributed by atoms with E-state index >= 15 is 0 Å². The van der Waals surface area contributed by atoms with Gasteiger partial charge in [0.25, 0.3) is 0 Å². The van der Waals surface area contributed by atoms with Crippen molar-refractivity contribution in [2.75, 3.05) is 26.7 Å². The first-order chi connectivity index (χ1) is 13.6. The van der Waals surface area contributed by atoms with Crippen molar-refractivity contribution >= 4 is 11.9 Å². The standard InChI is InChI=1S/C22H36N4O2/c1-4-23-22(25-16-14-21(27)26-19-7-5-6-8-19)24-15-13-17(2)18-9-11-20(28-3)12-10-18/h9-12,17,19H,4-8,13-16H2,1-3H3,(H,26,27)(H2,23,24,25). The molecule has 1 atom stereocenters. The first kappa shape index (κ1) is 22.1. The minimum atomic E-state index is 0.128. The number of amides is 1. The number of aliphatic imine (C=N–C) groups is 1. The SMILES string of the molecule is CCNC(=NCCC(C)c1ccc(OC)cc1)NCCC(=O)NC1CCCC1. The van der Waals surface area contributed by atoms with E-state index in [9.17, 15) is 4.79 Å². The number of nitrogens with one attached hydrogen (secondary N) is 3. The van der Waals surface area contributed by atoms with Crippen molar-refractivity contribution < 1.29 is 9.53 Å². The van der Waals surface area contributed by atoms with Crippen LogP contribution in [0.15, 0.2) is 29.3 Å².